The maximum absolute atomic E-state index is 12.2. The maximum atomic E-state index is 12.2. The largest absolute Gasteiger partial charge is 0.345 e. The molecule has 3 heteroatoms. The van der Waals surface area contributed by atoms with Crippen molar-refractivity contribution in [2.45, 2.75) is 34.1 Å². The minimum absolute atomic E-state index is 0.0122. The summed E-state index contributed by atoms with van der Waals surface area (Å²) in [7, 11) is 3.50. The van der Waals surface area contributed by atoms with Crippen molar-refractivity contribution in [3.63, 3.8) is 0 Å². The molecule has 0 heterocycles. The Bertz CT molecular complexity index is 1380. The third-order valence-electron chi connectivity index (χ3n) is 6.35. The van der Waals surface area contributed by atoms with Crippen molar-refractivity contribution in [3.05, 3.63) is 143 Å². The van der Waals surface area contributed by atoms with Gasteiger partial charge in [0.15, 0.2) is 0 Å². The number of carbonyl (C=O) groups excluding carboxylic acids is 1. The van der Waals surface area contributed by atoms with Crippen LogP contribution >= 0.6 is 0 Å². The van der Waals surface area contributed by atoms with Gasteiger partial charge >= 0.3 is 0 Å². The van der Waals surface area contributed by atoms with Crippen LogP contribution in [-0.2, 0) is 6.42 Å². The molecular formula is C35H38N2O. The number of allylic oxidation sites excluding steroid dienone is 12. The number of amides is 1. The number of rotatable bonds is 10. The Morgan fingerprint density at radius 1 is 0.947 bits per heavy atom. The standard InChI is InChI=1S/C35H38N2O/c1-9-12-28(13-10-2)22-31-19-20-32(23-33(31)24-36)34(14-11-3)27(6)25(4)21-26(5)29-15-17-30(18-16-29)35(38)37(7)8/h9-21,23H,1,3,22H2,2,4-8H3/b13-10-,26-21+,27-25+,28-12+,34-14+. The molecule has 1 amide bonds. The van der Waals surface area contributed by atoms with Crippen molar-refractivity contribution in [1.29, 1.82) is 5.26 Å². The van der Waals surface area contributed by atoms with Gasteiger partial charge in [0.2, 0.25) is 0 Å². The Hall–Kier alpha value is -4.42. The van der Waals surface area contributed by atoms with Crippen LogP contribution in [0, 0.1) is 11.3 Å². The second-order valence-corrected chi connectivity index (χ2v) is 9.37. The van der Waals surface area contributed by atoms with Crippen molar-refractivity contribution in [2.24, 2.45) is 0 Å². The van der Waals surface area contributed by atoms with Crippen molar-refractivity contribution in [1.82, 2.24) is 4.90 Å². The summed E-state index contributed by atoms with van der Waals surface area (Å²) >= 11 is 0. The highest BCUT2D eigenvalue weighted by molar-refractivity contribution is 5.94. The van der Waals surface area contributed by atoms with Gasteiger partial charge in [-0.15, -0.1) is 0 Å². The van der Waals surface area contributed by atoms with Crippen LogP contribution in [0.15, 0.2) is 115 Å². The van der Waals surface area contributed by atoms with E-state index in [2.05, 4.69) is 52.1 Å². The van der Waals surface area contributed by atoms with Gasteiger partial charge in [0.25, 0.3) is 5.91 Å². The van der Waals surface area contributed by atoms with Gasteiger partial charge in [0, 0.05) is 19.7 Å². The Labute approximate surface area is 228 Å². The molecule has 0 fully saturated rings. The van der Waals surface area contributed by atoms with E-state index in [0.717, 1.165) is 44.6 Å². The van der Waals surface area contributed by atoms with Crippen LogP contribution in [0.3, 0.4) is 0 Å². The second kappa shape index (κ2) is 14.4. The van der Waals surface area contributed by atoms with Gasteiger partial charge < -0.3 is 4.90 Å². The third kappa shape index (κ3) is 7.79. The first kappa shape index (κ1) is 29.8. The van der Waals surface area contributed by atoms with E-state index in [1.165, 1.54) is 0 Å². The molecule has 0 N–H and O–H groups in total. The molecule has 3 nitrogen and oxygen atoms in total. The smallest absolute Gasteiger partial charge is 0.253 e. The molecule has 0 unspecified atom stereocenters. The van der Waals surface area contributed by atoms with Crippen LogP contribution in [0.25, 0.3) is 11.1 Å². The van der Waals surface area contributed by atoms with Crippen LogP contribution in [0.2, 0.25) is 0 Å². The maximum Gasteiger partial charge on any atom is 0.253 e. The zero-order valence-corrected chi connectivity index (χ0v) is 23.5. The van der Waals surface area contributed by atoms with Crippen molar-refractivity contribution in [3.8, 4) is 6.07 Å². The highest BCUT2D eigenvalue weighted by atomic mass is 16.2. The number of nitrogens with zero attached hydrogens (tertiary/aromatic N) is 2. The molecule has 38 heavy (non-hydrogen) atoms. The van der Waals surface area contributed by atoms with E-state index in [9.17, 15) is 10.1 Å². The summed E-state index contributed by atoms with van der Waals surface area (Å²) in [4.78, 5) is 13.8. The summed E-state index contributed by atoms with van der Waals surface area (Å²) in [6, 6.07) is 16.1. The molecule has 2 aromatic carbocycles. The van der Waals surface area contributed by atoms with Crippen LogP contribution < -0.4 is 0 Å². The van der Waals surface area contributed by atoms with E-state index < -0.39 is 0 Å². The number of hydrogen-bond donors (Lipinski definition) is 0. The quantitative estimate of drug-likeness (QED) is 0.306. The number of nitriles is 1. The molecule has 0 atom stereocenters. The number of carbonyl (C=O) groups is 1. The lowest BCUT2D eigenvalue weighted by atomic mass is 9.90. The molecule has 2 aromatic rings. The summed E-state index contributed by atoms with van der Waals surface area (Å²) in [6.07, 6.45) is 14.3. The molecule has 0 radical (unpaired) electrons. The van der Waals surface area contributed by atoms with E-state index >= 15 is 0 Å². The molecule has 0 aliphatic rings. The zero-order chi connectivity index (χ0) is 28.2. The van der Waals surface area contributed by atoms with Crippen molar-refractivity contribution in [2.75, 3.05) is 14.1 Å². The summed E-state index contributed by atoms with van der Waals surface area (Å²) in [5, 5.41) is 9.91. The molecule has 0 aromatic heterocycles. The van der Waals surface area contributed by atoms with Crippen molar-refractivity contribution < 1.29 is 4.79 Å². The molecule has 0 bridgehead atoms. The summed E-state index contributed by atoms with van der Waals surface area (Å²) in [5.74, 6) is -0.0122. The van der Waals surface area contributed by atoms with Gasteiger partial charge in [-0.25, -0.2) is 0 Å². The summed E-state index contributed by atoms with van der Waals surface area (Å²) in [6.45, 7) is 15.9. The van der Waals surface area contributed by atoms with Crippen LogP contribution in [0.4, 0.5) is 0 Å². The van der Waals surface area contributed by atoms with Crippen LogP contribution in [0.5, 0.6) is 0 Å². The molecule has 194 valence electrons. The Balaban J connectivity index is 2.45. The average molecular weight is 503 g/mol. The molecular weight excluding hydrogens is 464 g/mol. The fourth-order valence-corrected chi connectivity index (χ4v) is 4.18. The molecule has 0 saturated carbocycles. The average Bonchev–Trinajstić information content (AvgIpc) is 2.91. The van der Waals surface area contributed by atoms with Gasteiger partial charge in [0.1, 0.15) is 0 Å². The molecule has 2 rings (SSSR count). The van der Waals surface area contributed by atoms with Gasteiger partial charge in [0.05, 0.1) is 11.6 Å². The Kier molecular flexibility index (Phi) is 11.3. The topological polar surface area (TPSA) is 44.1 Å². The summed E-state index contributed by atoms with van der Waals surface area (Å²) < 4.78 is 0. The lowest BCUT2D eigenvalue weighted by Gasteiger charge is -2.14. The number of hydrogen-bond acceptors (Lipinski definition) is 2. The number of benzene rings is 2. The minimum atomic E-state index is -0.0122. The van der Waals surface area contributed by atoms with E-state index in [0.29, 0.717) is 17.5 Å². The fourth-order valence-electron chi connectivity index (χ4n) is 4.18. The van der Waals surface area contributed by atoms with E-state index in [-0.39, 0.29) is 5.91 Å². The molecule has 0 spiro atoms. The molecule has 0 aliphatic carbocycles. The van der Waals surface area contributed by atoms with E-state index in [1.807, 2.05) is 67.6 Å². The van der Waals surface area contributed by atoms with Gasteiger partial charge in [-0.3, -0.25) is 4.79 Å². The van der Waals surface area contributed by atoms with Crippen LogP contribution in [-0.4, -0.2) is 24.9 Å². The van der Waals surface area contributed by atoms with E-state index in [1.54, 1.807) is 31.1 Å². The molecule has 0 aliphatic heterocycles. The third-order valence-corrected chi connectivity index (χ3v) is 6.35. The second-order valence-electron chi connectivity index (χ2n) is 9.37. The SMILES string of the molecule is C=C/C=C(\C=C/C)Cc1ccc(C(=C/C=C)/C(C)=C(C)/C=C(\C)c2ccc(C(=O)N(C)C)cc2)cc1C#N. The Morgan fingerprint density at radius 2 is 1.55 bits per heavy atom. The zero-order valence-electron chi connectivity index (χ0n) is 23.5. The highest BCUT2D eigenvalue weighted by Crippen LogP contribution is 2.30. The predicted molar refractivity (Wildman–Crippen MR) is 163 cm³/mol. The lowest BCUT2D eigenvalue weighted by Crippen LogP contribution is -2.21. The fraction of sp³-hybridized carbons (Fsp3) is 0.200. The highest BCUT2D eigenvalue weighted by Gasteiger charge is 2.12. The minimum Gasteiger partial charge on any atom is -0.345 e. The molecule has 0 saturated heterocycles. The normalized spacial score (nSPS) is 13.1. The van der Waals surface area contributed by atoms with E-state index in [4.69, 9.17) is 0 Å². The summed E-state index contributed by atoms with van der Waals surface area (Å²) in [5.41, 5.74) is 9.75. The van der Waals surface area contributed by atoms with Crippen LogP contribution in [0.1, 0.15) is 60.3 Å². The van der Waals surface area contributed by atoms with Gasteiger partial charge in [-0.2, -0.15) is 5.26 Å². The first-order chi connectivity index (χ1) is 18.2. The first-order valence-electron chi connectivity index (χ1n) is 12.6. The first-order valence-corrected chi connectivity index (χ1v) is 12.6. The van der Waals surface area contributed by atoms with Crippen molar-refractivity contribution >= 4 is 17.1 Å². The monoisotopic (exact) mass is 502 g/mol. The lowest BCUT2D eigenvalue weighted by molar-refractivity contribution is 0.0827. The Morgan fingerprint density at radius 3 is 2.11 bits per heavy atom. The van der Waals surface area contributed by atoms with Gasteiger partial charge in [-0.1, -0.05) is 80.0 Å². The van der Waals surface area contributed by atoms with Gasteiger partial charge in [-0.05, 0) is 96.9 Å². The predicted octanol–water partition coefficient (Wildman–Crippen LogP) is 8.50.